The van der Waals surface area contributed by atoms with Crippen molar-refractivity contribution in [2.45, 2.75) is 78.8 Å². The Bertz CT molecular complexity index is 1290. The quantitative estimate of drug-likeness (QED) is 0.411. The standard InChI is InChI=1S/C33H41N3O2/c1-6-10-27-18-26(17-25-11-8-7-9-12-25)19-29-31(13-14-36(24(5)37)32(27)29)35-33(38)30(34)20-28-22(3)15-21(2)16-23(28)4/h7-9,11-12,15-16,18-19,30-31H,6,10,13-14,17,20,34H2,1-5H3,(H,35,38)/t30-,31+/m0/s1. The van der Waals surface area contributed by atoms with E-state index in [1.54, 1.807) is 6.92 Å². The molecule has 5 heteroatoms. The normalized spacial score (nSPS) is 15.6. The molecule has 0 aliphatic carbocycles. The fraction of sp³-hybridized carbons (Fsp3) is 0.394. The highest BCUT2D eigenvalue weighted by Crippen LogP contribution is 2.39. The largest absolute Gasteiger partial charge is 0.348 e. The van der Waals surface area contributed by atoms with Crippen molar-refractivity contribution in [1.82, 2.24) is 5.32 Å². The second-order valence-corrected chi connectivity index (χ2v) is 10.8. The van der Waals surface area contributed by atoms with Gasteiger partial charge in [-0.25, -0.2) is 0 Å². The Kier molecular flexibility index (Phi) is 8.68. The summed E-state index contributed by atoms with van der Waals surface area (Å²) in [5, 5.41) is 3.26. The van der Waals surface area contributed by atoms with Crippen molar-refractivity contribution in [2.24, 2.45) is 5.73 Å². The smallest absolute Gasteiger partial charge is 0.237 e. The van der Waals surface area contributed by atoms with Gasteiger partial charge >= 0.3 is 0 Å². The lowest BCUT2D eigenvalue weighted by Crippen LogP contribution is -2.46. The first-order valence-corrected chi connectivity index (χ1v) is 13.8. The summed E-state index contributed by atoms with van der Waals surface area (Å²) in [7, 11) is 0. The second-order valence-electron chi connectivity index (χ2n) is 10.8. The third-order valence-electron chi connectivity index (χ3n) is 7.63. The van der Waals surface area contributed by atoms with Crippen LogP contribution in [0.3, 0.4) is 0 Å². The van der Waals surface area contributed by atoms with Gasteiger partial charge in [-0.3, -0.25) is 9.59 Å². The zero-order valence-corrected chi connectivity index (χ0v) is 23.4. The summed E-state index contributed by atoms with van der Waals surface area (Å²) >= 11 is 0. The number of hydrogen-bond acceptors (Lipinski definition) is 3. The van der Waals surface area contributed by atoms with Gasteiger partial charge in [0.1, 0.15) is 0 Å². The number of nitrogens with one attached hydrogen (secondary N) is 1. The Morgan fingerprint density at radius 2 is 1.71 bits per heavy atom. The van der Waals surface area contributed by atoms with E-state index in [1.165, 1.54) is 33.4 Å². The number of amides is 2. The Morgan fingerprint density at radius 3 is 2.34 bits per heavy atom. The molecular weight excluding hydrogens is 470 g/mol. The monoisotopic (exact) mass is 511 g/mol. The van der Waals surface area contributed by atoms with Gasteiger partial charge in [0, 0.05) is 13.5 Å². The summed E-state index contributed by atoms with van der Waals surface area (Å²) in [6.45, 7) is 10.6. The van der Waals surface area contributed by atoms with E-state index in [1.807, 2.05) is 11.0 Å². The van der Waals surface area contributed by atoms with Gasteiger partial charge in [-0.1, -0.05) is 73.5 Å². The van der Waals surface area contributed by atoms with E-state index in [-0.39, 0.29) is 17.9 Å². The van der Waals surface area contributed by atoms with Crippen LogP contribution in [0.4, 0.5) is 5.69 Å². The molecule has 0 bridgehead atoms. The first-order chi connectivity index (χ1) is 18.2. The molecule has 2 amide bonds. The van der Waals surface area contributed by atoms with Crippen molar-refractivity contribution < 1.29 is 9.59 Å². The number of anilines is 1. The maximum atomic E-state index is 13.4. The van der Waals surface area contributed by atoms with Crippen LogP contribution in [0, 0.1) is 20.8 Å². The minimum absolute atomic E-state index is 0.0335. The topological polar surface area (TPSA) is 75.4 Å². The molecule has 38 heavy (non-hydrogen) atoms. The Morgan fingerprint density at radius 1 is 1.03 bits per heavy atom. The Labute approximate surface area is 227 Å². The number of nitrogens with zero attached hydrogens (tertiary/aromatic N) is 1. The van der Waals surface area contributed by atoms with E-state index in [0.717, 1.165) is 36.1 Å². The minimum Gasteiger partial charge on any atom is -0.348 e. The summed E-state index contributed by atoms with van der Waals surface area (Å²) in [4.78, 5) is 27.9. The van der Waals surface area contributed by atoms with Gasteiger partial charge in [0.25, 0.3) is 0 Å². The van der Waals surface area contributed by atoms with E-state index in [0.29, 0.717) is 19.4 Å². The van der Waals surface area contributed by atoms with Crippen LogP contribution < -0.4 is 16.0 Å². The van der Waals surface area contributed by atoms with Gasteiger partial charge in [-0.15, -0.1) is 0 Å². The van der Waals surface area contributed by atoms with Crippen molar-refractivity contribution in [1.29, 1.82) is 0 Å². The third-order valence-corrected chi connectivity index (χ3v) is 7.63. The summed E-state index contributed by atoms with van der Waals surface area (Å²) < 4.78 is 0. The Hall–Kier alpha value is -3.44. The van der Waals surface area contributed by atoms with Crippen LogP contribution in [0.15, 0.2) is 54.6 Å². The summed E-state index contributed by atoms with van der Waals surface area (Å²) in [6, 6.07) is 18.3. The Balaban J connectivity index is 1.65. The molecule has 0 unspecified atom stereocenters. The van der Waals surface area contributed by atoms with Crippen molar-refractivity contribution in [3.05, 3.63) is 99.1 Å². The first kappa shape index (κ1) is 27.6. The zero-order chi connectivity index (χ0) is 27.4. The molecule has 200 valence electrons. The number of rotatable bonds is 8. The van der Waals surface area contributed by atoms with Crippen LogP contribution in [0.25, 0.3) is 0 Å². The highest BCUT2D eigenvalue weighted by molar-refractivity contribution is 5.94. The molecule has 1 heterocycles. The zero-order valence-electron chi connectivity index (χ0n) is 23.4. The number of aryl methyl sites for hydroxylation is 4. The van der Waals surface area contributed by atoms with E-state index < -0.39 is 6.04 Å². The maximum Gasteiger partial charge on any atom is 0.237 e. The lowest BCUT2D eigenvalue weighted by molar-refractivity contribution is -0.123. The van der Waals surface area contributed by atoms with Crippen LogP contribution in [0.5, 0.6) is 0 Å². The van der Waals surface area contributed by atoms with E-state index in [4.69, 9.17) is 5.73 Å². The van der Waals surface area contributed by atoms with Crippen molar-refractivity contribution >= 4 is 17.5 Å². The molecule has 3 aromatic rings. The summed E-state index contributed by atoms with van der Waals surface area (Å²) in [6.07, 6.45) is 3.81. The van der Waals surface area contributed by atoms with Crippen molar-refractivity contribution in [3.8, 4) is 0 Å². The van der Waals surface area contributed by atoms with Crippen LogP contribution in [-0.4, -0.2) is 24.4 Å². The average Bonchev–Trinajstić information content (AvgIpc) is 2.87. The second kappa shape index (κ2) is 12.0. The van der Waals surface area contributed by atoms with Gasteiger partial charge < -0.3 is 16.0 Å². The maximum absolute atomic E-state index is 13.4. The van der Waals surface area contributed by atoms with E-state index in [9.17, 15) is 9.59 Å². The predicted octanol–water partition coefficient (Wildman–Crippen LogP) is 5.64. The molecule has 1 aliphatic heterocycles. The molecule has 0 radical (unpaired) electrons. The number of carbonyl (C=O) groups excluding carboxylic acids is 2. The van der Waals surface area contributed by atoms with E-state index in [2.05, 4.69) is 81.5 Å². The molecule has 5 nitrogen and oxygen atoms in total. The molecular formula is C33H41N3O2. The van der Waals surface area contributed by atoms with Crippen molar-refractivity contribution in [3.63, 3.8) is 0 Å². The molecule has 4 rings (SSSR count). The minimum atomic E-state index is -0.646. The third kappa shape index (κ3) is 6.16. The molecule has 0 spiro atoms. The molecule has 1 aliphatic rings. The lowest BCUT2D eigenvalue weighted by Gasteiger charge is -2.37. The van der Waals surface area contributed by atoms with Gasteiger partial charge in [0.15, 0.2) is 0 Å². The highest BCUT2D eigenvalue weighted by atomic mass is 16.2. The molecule has 0 saturated carbocycles. The fourth-order valence-electron chi connectivity index (χ4n) is 5.89. The average molecular weight is 512 g/mol. The van der Waals surface area contributed by atoms with Crippen LogP contribution in [-0.2, 0) is 28.9 Å². The van der Waals surface area contributed by atoms with Gasteiger partial charge in [0.05, 0.1) is 17.8 Å². The number of fused-ring (bicyclic) bond motifs is 1. The molecule has 0 fully saturated rings. The highest BCUT2D eigenvalue weighted by Gasteiger charge is 2.32. The number of hydrogen-bond donors (Lipinski definition) is 2. The summed E-state index contributed by atoms with van der Waals surface area (Å²) in [5.74, 6) is -0.117. The molecule has 0 aromatic heterocycles. The van der Waals surface area contributed by atoms with Gasteiger partial charge in [0.2, 0.25) is 11.8 Å². The van der Waals surface area contributed by atoms with E-state index >= 15 is 0 Å². The summed E-state index contributed by atoms with van der Waals surface area (Å²) in [5.41, 5.74) is 16.7. The molecule has 3 N–H and O–H groups in total. The van der Waals surface area contributed by atoms with Crippen LogP contribution >= 0.6 is 0 Å². The lowest BCUT2D eigenvalue weighted by atomic mass is 9.88. The van der Waals surface area contributed by atoms with Crippen LogP contribution in [0.1, 0.15) is 77.2 Å². The fourth-order valence-corrected chi connectivity index (χ4v) is 5.89. The number of nitrogens with two attached hydrogens (primary N) is 1. The molecule has 2 atom stereocenters. The van der Waals surface area contributed by atoms with Crippen LogP contribution in [0.2, 0.25) is 0 Å². The number of benzene rings is 3. The van der Waals surface area contributed by atoms with Crippen molar-refractivity contribution in [2.75, 3.05) is 11.4 Å². The predicted molar refractivity (Wildman–Crippen MR) is 156 cm³/mol. The molecule has 0 saturated heterocycles. The first-order valence-electron chi connectivity index (χ1n) is 13.8. The SMILES string of the molecule is CCCc1cc(Cc2ccccc2)cc2c1N(C(C)=O)CC[C@H]2NC(=O)[C@@H](N)Cc1c(C)cc(C)cc1C. The number of carbonyl (C=O) groups is 2. The van der Waals surface area contributed by atoms with Gasteiger partial charge in [-0.2, -0.15) is 0 Å². The van der Waals surface area contributed by atoms with Gasteiger partial charge in [-0.05, 0) is 85.4 Å². The molecule has 3 aromatic carbocycles.